The molecule has 1 aromatic heterocycles. The SMILES string of the molecule is Cc1ccc2c(c1)c1ccccc1n2-c1ccc(C(C)(C)C)cc1. The molecule has 0 fully saturated rings. The van der Waals surface area contributed by atoms with E-state index in [4.69, 9.17) is 0 Å². The first-order valence-electron chi connectivity index (χ1n) is 8.56. The highest BCUT2D eigenvalue weighted by Gasteiger charge is 2.15. The number of hydrogen-bond acceptors (Lipinski definition) is 0. The Morgan fingerprint density at radius 1 is 0.708 bits per heavy atom. The molecule has 0 aliphatic rings. The third kappa shape index (κ3) is 2.32. The minimum Gasteiger partial charge on any atom is -0.309 e. The lowest BCUT2D eigenvalue weighted by atomic mass is 9.87. The number of aromatic nitrogens is 1. The van der Waals surface area contributed by atoms with E-state index in [1.54, 1.807) is 0 Å². The molecule has 1 heteroatoms. The zero-order chi connectivity index (χ0) is 16.9. The maximum atomic E-state index is 2.37. The molecule has 4 aromatic rings. The van der Waals surface area contributed by atoms with Crippen molar-refractivity contribution in [3.8, 4) is 5.69 Å². The summed E-state index contributed by atoms with van der Waals surface area (Å²) in [4.78, 5) is 0. The molecular formula is C23H23N. The Bertz CT molecular complexity index is 1030. The van der Waals surface area contributed by atoms with E-state index in [0.717, 1.165) is 0 Å². The summed E-state index contributed by atoms with van der Waals surface area (Å²) in [7, 11) is 0. The van der Waals surface area contributed by atoms with Crippen molar-refractivity contribution < 1.29 is 0 Å². The van der Waals surface area contributed by atoms with Crippen molar-refractivity contribution in [1.82, 2.24) is 4.57 Å². The molecular weight excluding hydrogens is 290 g/mol. The summed E-state index contributed by atoms with van der Waals surface area (Å²) in [6.45, 7) is 8.92. The van der Waals surface area contributed by atoms with Crippen LogP contribution in [-0.2, 0) is 5.41 Å². The molecule has 0 N–H and O–H groups in total. The summed E-state index contributed by atoms with van der Waals surface area (Å²) < 4.78 is 2.37. The molecule has 0 bridgehead atoms. The standard InChI is InChI=1S/C23H23N/c1-16-9-14-22-20(15-16)19-7-5-6-8-21(19)24(22)18-12-10-17(11-13-18)23(2,3)4/h5-15H,1-4H3. The highest BCUT2D eigenvalue weighted by Crippen LogP contribution is 2.33. The summed E-state index contributed by atoms with van der Waals surface area (Å²) in [6, 6.07) is 24.4. The van der Waals surface area contributed by atoms with Crippen LogP contribution in [0.1, 0.15) is 31.9 Å². The molecule has 0 saturated heterocycles. The van der Waals surface area contributed by atoms with E-state index < -0.39 is 0 Å². The van der Waals surface area contributed by atoms with Gasteiger partial charge in [-0.1, -0.05) is 62.7 Å². The van der Waals surface area contributed by atoms with Crippen LogP contribution in [0, 0.1) is 6.92 Å². The number of benzene rings is 3. The van der Waals surface area contributed by atoms with Gasteiger partial charge in [-0.05, 0) is 48.2 Å². The monoisotopic (exact) mass is 313 g/mol. The average molecular weight is 313 g/mol. The molecule has 24 heavy (non-hydrogen) atoms. The summed E-state index contributed by atoms with van der Waals surface area (Å²) in [5.41, 5.74) is 6.59. The Morgan fingerprint density at radius 3 is 2.08 bits per heavy atom. The number of fused-ring (bicyclic) bond motifs is 3. The van der Waals surface area contributed by atoms with Crippen LogP contribution in [0.25, 0.3) is 27.5 Å². The first-order valence-corrected chi connectivity index (χ1v) is 8.56. The predicted molar refractivity (Wildman–Crippen MR) is 104 cm³/mol. The third-order valence-corrected chi connectivity index (χ3v) is 4.82. The highest BCUT2D eigenvalue weighted by atomic mass is 15.0. The fourth-order valence-corrected chi connectivity index (χ4v) is 3.48. The number of nitrogens with zero attached hydrogens (tertiary/aromatic N) is 1. The molecule has 0 radical (unpaired) electrons. The lowest BCUT2D eigenvalue weighted by Gasteiger charge is -2.19. The molecule has 0 saturated carbocycles. The van der Waals surface area contributed by atoms with Crippen molar-refractivity contribution in [3.05, 3.63) is 77.9 Å². The summed E-state index contributed by atoms with van der Waals surface area (Å²) in [6.07, 6.45) is 0. The number of rotatable bonds is 1. The predicted octanol–water partition coefficient (Wildman–Crippen LogP) is 6.39. The molecule has 0 spiro atoms. The summed E-state index contributed by atoms with van der Waals surface area (Å²) >= 11 is 0. The van der Waals surface area contributed by atoms with E-state index in [2.05, 4.69) is 99.0 Å². The Morgan fingerprint density at radius 2 is 1.38 bits per heavy atom. The molecule has 0 unspecified atom stereocenters. The first-order chi connectivity index (χ1) is 11.4. The summed E-state index contributed by atoms with van der Waals surface area (Å²) in [5.74, 6) is 0. The van der Waals surface area contributed by atoms with Gasteiger partial charge in [-0.25, -0.2) is 0 Å². The number of para-hydroxylation sites is 1. The van der Waals surface area contributed by atoms with Crippen molar-refractivity contribution in [1.29, 1.82) is 0 Å². The fraction of sp³-hybridized carbons (Fsp3) is 0.217. The highest BCUT2D eigenvalue weighted by molar-refractivity contribution is 6.09. The normalized spacial score (nSPS) is 12.2. The second-order valence-corrected chi connectivity index (χ2v) is 7.67. The van der Waals surface area contributed by atoms with E-state index in [1.165, 1.54) is 38.6 Å². The van der Waals surface area contributed by atoms with Crippen LogP contribution < -0.4 is 0 Å². The minimum atomic E-state index is 0.177. The largest absolute Gasteiger partial charge is 0.309 e. The molecule has 120 valence electrons. The van der Waals surface area contributed by atoms with Crippen molar-refractivity contribution in [2.45, 2.75) is 33.1 Å². The molecule has 0 aliphatic carbocycles. The van der Waals surface area contributed by atoms with Crippen molar-refractivity contribution in [2.75, 3.05) is 0 Å². The van der Waals surface area contributed by atoms with E-state index in [1.807, 2.05) is 0 Å². The second kappa shape index (κ2) is 5.24. The molecule has 0 aliphatic heterocycles. The molecule has 0 atom stereocenters. The van der Waals surface area contributed by atoms with Crippen molar-refractivity contribution >= 4 is 21.8 Å². The van der Waals surface area contributed by atoms with Gasteiger partial charge in [0, 0.05) is 16.5 Å². The Balaban J connectivity index is 2.01. The summed E-state index contributed by atoms with van der Waals surface area (Å²) in [5, 5.41) is 2.64. The van der Waals surface area contributed by atoms with Gasteiger partial charge < -0.3 is 4.57 Å². The van der Waals surface area contributed by atoms with Gasteiger partial charge in [-0.15, -0.1) is 0 Å². The van der Waals surface area contributed by atoms with Crippen LogP contribution in [0.3, 0.4) is 0 Å². The lowest BCUT2D eigenvalue weighted by Crippen LogP contribution is -2.10. The number of hydrogen-bond donors (Lipinski definition) is 0. The van der Waals surface area contributed by atoms with E-state index in [0.29, 0.717) is 0 Å². The van der Waals surface area contributed by atoms with Gasteiger partial charge >= 0.3 is 0 Å². The maximum absolute atomic E-state index is 2.37. The quantitative estimate of drug-likeness (QED) is 0.384. The Hall–Kier alpha value is -2.54. The van der Waals surface area contributed by atoms with Crippen LogP contribution in [-0.4, -0.2) is 4.57 Å². The van der Waals surface area contributed by atoms with Crippen LogP contribution in [0.5, 0.6) is 0 Å². The first kappa shape index (κ1) is 15.0. The van der Waals surface area contributed by atoms with Gasteiger partial charge in [-0.2, -0.15) is 0 Å². The van der Waals surface area contributed by atoms with E-state index >= 15 is 0 Å². The zero-order valence-electron chi connectivity index (χ0n) is 14.8. The molecule has 1 nitrogen and oxygen atoms in total. The molecule has 3 aromatic carbocycles. The second-order valence-electron chi connectivity index (χ2n) is 7.67. The Labute approximate surface area is 143 Å². The molecule has 4 rings (SSSR count). The van der Waals surface area contributed by atoms with E-state index in [9.17, 15) is 0 Å². The topological polar surface area (TPSA) is 4.93 Å². The van der Waals surface area contributed by atoms with Gasteiger partial charge in [0.1, 0.15) is 0 Å². The smallest absolute Gasteiger partial charge is 0.0541 e. The van der Waals surface area contributed by atoms with Gasteiger partial charge in [0.25, 0.3) is 0 Å². The molecule has 1 heterocycles. The van der Waals surface area contributed by atoms with Crippen molar-refractivity contribution in [2.24, 2.45) is 0 Å². The van der Waals surface area contributed by atoms with Gasteiger partial charge in [0.15, 0.2) is 0 Å². The van der Waals surface area contributed by atoms with Gasteiger partial charge in [0.05, 0.1) is 11.0 Å². The molecule has 0 amide bonds. The average Bonchev–Trinajstić information content (AvgIpc) is 2.88. The van der Waals surface area contributed by atoms with Crippen LogP contribution >= 0.6 is 0 Å². The number of aryl methyl sites for hydroxylation is 1. The van der Waals surface area contributed by atoms with Crippen LogP contribution in [0.15, 0.2) is 66.7 Å². The third-order valence-electron chi connectivity index (χ3n) is 4.82. The van der Waals surface area contributed by atoms with Crippen molar-refractivity contribution in [3.63, 3.8) is 0 Å². The van der Waals surface area contributed by atoms with E-state index in [-0.39, 0.29) is 5.41 Å². The van der Waals surface area contributed by atoms with Gasteiger partial charge in [0.2, 0.25) is 0 Å². The maximum Gasteiger partial charge on any atom is 0.0541 e. The fourth-order valence-electron chi connectivity index (χ4n) is 3.48. The minimum absolute atomic E-state index is 0.177. The van der Waals surface area contributed by atoms with Gasteiger partial charge in [-0.3, -0.25) is 0 Å². The van der Waals surface area contributed by atoms with Crippen LogP contribution in [0.2, 0.25) is 0 Å². The Kier molecular flexibility index (Phi) is 3.28. The lowest BCUT2D eigenvalue weighted by molar-refractivity contribution is 0.590. The van der Waals surface area contributed by atoms with Crippen LogP contribution in [0.4, 0.5) is 0 Å². The zero-order valence-corrected chi connectivity index (χ0v) is 14.8.